The van der Waals surface area contributed by atoms with Crippen LogP contribution in [0.4, 0.5) is 0 Å². The molecule has 15 heavy (non-hydrogen) atoms. The van der Waals surface area contributed by atoms with Crippen LogP contribution in [0.1, 0.15) is 24.8 Å². The first kappa shape index (κ1) is 10.6. The van der Waals surface area contributed by atoms with Gasteiger partial charge >= 0.3 is 0 Å². The zero-order chi connectivity index (χ0) is 10.8. The second-order valence-electron chi connectivity index (χ2n) is 3.88. The number of nitrogens with zero attached hydrogens (tertiary/aromatic N) is 1. The summed E-state index contributed by atoms with van der Waals surface area (Å²) in [4.78, 5) is 4.41. The Labute approximate surface area is 98.6 Å². The molecule has 1 atom stereocenters. The molecule has 2 heterocycles. The molecule has 80 valence electrons. The average molecular weight is 238 g/mol. The van der Waals surface area contributed by atoms with Crippen LogP contribution in [0.15, 0.2) is 29.9 Å². The number of hydrogen-bond donors (Lipinski definition) is 1. The van der Waals surface area contributed by atoms with Gasteiger partial charge in [0, 0.05) is 17.3 Å². The predicted octanol–water partition coefficient (Wildman–Crippen LogP) is 3.85. The van der Waals surface area contributed by atoms with Crippen molar-refractivity contribution in [2.24, 2.45) is 5.92 Å². The number of aromatic amines is 1. The lowest BCUT2D eigenvalue weighted by Crippen LogP contribution is -2.14. The van der Waals surface area contributed by atoms with Crippen molar-refractivity contribution in [1.82, 2.24) is 9.55 Å². The molecular formula is C11H14N2S2. The Morgan fingerprint density at radius 1 is 1.47 bits per heavy atom. The summed E-state index contributed by atoms with van der Waals surface area (Å²) in [5.41, 5.74) is 0. The molecule has 0 fully saturated rings. The van der Waals surface area contributed by atoms with Crippen LogP contribution in [0.2, 0.25) is 0 Å². The molecule has 0 aliphatic heterocycles. The zero-order valence-electron chi connectivity index (χ0n) is 8.81. The van der Waals surface area contributed by atoms with Crippen LogP contribution >= 0.6 is 23.6 Å². The maximum Gasteiger partial charge on any atom is 0.177 e. The second-order valence-corrected chi connectivity index (χ2v) is 5.24. The Kier molecular flexibility index (Phi) is 3.07. The van der Waals surface area contributed by atoms with Crippen LogP contribution in [-0.2, 0) is 0 Å². The third-order valence-electron chi connectivity index (χ3n) is 2.44. The van der Waals surface area contributed by atoms with E-state index < -0.39 is 0 Å². The summed E-state index contributed by atoms with van der Waals surface area (Å²) in [6, 6.07) is 4.61. The van der Waals surface area contributed by atoms with Crippen molar-refractivity contribution >= 4 is 23.6 Å². The number of hydrogen-bond acceptors (Lipinski definition) is 2. The summed E-state index contributed by atoms with van der Waals surface area (Å²) in [7, 11) is 0. The fourth-order valence-corrected chi connectivity index (χ4v) is 3.04. The largest absolute Gasteiger partial charge is 0.337 e. The van der Waals surface area contributed by atoms with Crippen molar-refractivity contribution in [2.75, 3.05) is 0 Å². The lowest BCUT2D eigenvalue weighted by Gasteiger charge is -2.21. The van der Waals surface area contributed by atoms with E-state index in [9.17, 15) is 0 Å². The molecule has 2 nitrogen and oxygen atoms in total. The molecule has 2 rings (SSSR count). The molecule has 1 unspecified atom stereocenters. The Balaban J connectivity index is 2.46. The molecule has 0 aliphatic rings. The number of thiophene rings is 1. The fourth-order valence-electron chi connectivity index (χ4n) is 1.80. The van der Waals surface area contributed by atoms with Crippen LogP contribution in [-0.4, -0.2) is 9.55 Å². The Hall–Kier alpha value is -0.870. The van der Waals surface area contributed by atoms with Gasteiger partial charge in [0.25, 0.3) is 0 Å². The normalized spacial score (nSPS) is 13.3. The molecule has 2 aromatic rings. The smallest absolute Gasteiger partial charge is 0.177 e. The number of nitrogens with one attached hydrogen (secondary N) is 1. The second kappa shape index (κ2) is 4.33. The van der Waals surface area contributed by atoms with Gasteiger partial charge in [0.1, 0.15) is 0 Å². The Bertz CT molecular complexity index is 465. The van der Waals surface area contributed by atoms with Crippen molar-refractivity contribution in [3.63, 3.8) is 0 Å². The van der Waals surface area contributed by atoms with Gasteiger partial charge in [-0.15, -0.1) is 11.3 Å². The topological polar surface area (TPSA) is 20.7 Å². The van der Waals surface area contributed by atoms with E-state index in [1.807, 2.05) is 12.4 Å². The van der Waals surface area contributed by atoms with Crippen LogP contribution in [0.5, 0.6) is 0 Å². The van der Waals surface area contributed by atoms with Gasteiger partial charge < -0.3 is 9.55 Å². The van der Waals surface area contributed by atoms with E-state index in [1.54, 1.807) is 11.3 Å². The standard InChI is InChI=1S/C11H14N2S2/c1-8(2)10(9-4-3-7-15-9)13-6-5-12-11(13)14/h3-8,10H,1-2H3,(H,12,14). The van der Waals surface area contributed by atoms with Crippen molar-refractivity contribution < 1.29 is 0 Å². The van der Waals surface area contributed by atoms with E-state index >= 15 is 0 Å². The molecule has 0 bridgehead atoms. The van der Waals surface area contributed by atoms with Crippen LogP contribution in [0, 0.1) is 10.7 Å². The minimum atomic E-state index is 0.351. The van der Waals surface area contributed by atoms with Gasteiger partial charge in [0.05, 0.1) is 6.04 Å². The molecule has 0 saturated carbocycles. The lowest BCUT2D eigenvalue weighted by molar-refractivity contribution is 0.439. The molecule has 0 spiro atoms. The molecule has 2 aromatic heterocycles. The van der Waals surface area contributed by atoms with Crippen LogP contribution < -0.4 is 0 Å². The fraction of sp³-hybridized carbons (Fsp3) is 0.364. The highest BCUT2D eigenvalue weighted by Crippen LogP contribution is 2.29. The average Bonchev–Trinajstić information content (AvgIpc) is 2.79. The molecule has 0 aliphatic carbocycles. The minimum Gasteiger partial charge on any atom is -0.337 e. The van der Waals surface area contributed by atoms with Gasteiger partial charge in [-0.25, -0.2) is 0 Å². The summed E-state index contributed by atoms with van der Waals surface area (Å²) in [5.74, 6) is 0.533. The van der Waals surface area contributed by atoms with Gasteiger partial charge in [0.2, 0.25) is 0 Å². The predicted molar refractivity (Wildman–Crippen MR) is 66.9 cm³/mol. The quantitative estimate of drug-likeness (QED) is 0.805. The third-order valence-corrected chi connectivity index (χ3v) is 3.71. The molecule has 1 N–H and O–H groups in total. The summed E-state index contributed by atoms with van der Waals surface area (Å²) >= 11 is 7.05. The minimum absolute atomic E-state index is 0.351. The van der Waals surface area contributed by atoms with Gasteiger partial charge in [-0.3, -0.25) is 0 Å². The first-order chi connectivity index (χ1) is 7.20. The third kappa shape index (κ3) is 2.06. The highest BCUT2D eigenvalue weighted by molar-refractivity contribution is 7.71. The number of aromatic nitrogens is 2. The van der Waals surface area contributed by atoms with Gasteiger partial charge in [0.15, 0.2) is 4.77 Å². The highest BCUT2D eigenvalue weighted by atomic mass is 32.1. The van der Waals surface area contributed by atoms with E-state index in [0.717, 1.165) is 4.77 Å². The summed E-state index contributed by atoms with van der Waals surface area (Å²) in [5, 5.41) is 2.11. The van der Waals surface area contributed by atoms with Crippen molar-refractivity contribution in [1.29, 1.82) is 0 Å². The summed E-state index contributed by atoms with van der Waals surface area (Å²) in [6.45, 7) is 4.44. The van der Waals surface area contributed by atoms with Crippen molar-refractivity contribution in [3.05, 3.63) is 39.6 Å². The van der Waals surface area contributed by atoms with Gasteiger partial charge in [-0.1, -0.05) is 19.9 Å². The van der Waals surface area contributed by atoms with E-state index in [-0.39, 0.29) is 0 Å². The van der Waals surface area contributed by atoms with E-state index in [0.29, 0.717) is 12.0 Å². The number of H-pyrrole nitrogens is 1. The first-order valence-electron chi connectivity index (χ1n) is 4.99. The molecule has 4 heteroatoms. The maximum atomic E-state index is 5.27. The van der Waals surface area contributed by atoms with Crippen LogP contribution in [0.3, 0.4) is 0 Å². The zero-order valence-corrected chi connectivity index (χ0v) is 10.4. The lowest BCUT2D eigenvalue weighted by atomic mass is 10.0. The SMILES string of the molecule is CC(C)C(c1cccs1)n1cc[nH]c1=S. The van der Waals surface area contributed by atoms with E-state index in [2.05, 4.69) is 40.9 Å². The molecule has 0 aromatic carbocycles. The van der Waals surface area contributed by atoms with Crippen LogP contribution in [0.25, 0.3) is 0 Å². The maximum absolute atomic E-state index is 5.27. The number of imidazole rings is 1. The Morgan fingerprint density at radius 3 is 2.73 bits per heavy atom. The van der Waals surface area contributed by atoms with Gasteiger partial charge in [-0.2, -0.15) is 0 Å². The first-order valence-corrected chi connectivity index (χ1v) is 6.28. The van der Waals surface area contributed by atoms with Crippen molar-refractivity contribution in [3.8, 4) is 0 Å². The molecule has 0 radical (unpaired) electrons. The summed E-state index contributed by atoms with van der Waals surface area (Å²) in [6.07, 6.45) is 3.91. The molecular weight excluding hydrogens is 224 g/mol. The van der Waals surface area contributed by atoms with E-state index in [4.69, 9.17) is 12.2 Å². The van der Waals surface area contributed by atoms with E-state index in [1.165, 1.54) is 4.88 Å². The number of rotatable bonds is 3. The highest BCUT2D eigenvalue weighted by Gasteiger charge is 2.18. The monoisotopic (exact) mass is 238 g/mol. The molecule has 0 amide bonds. The summed E-state index contributed by atoms with van der Waals surface area (Å²) < 4.78 is 2.92. The molecule has 0 saturated heterocycles. The van der Waals surface area contributed by atoms with Gasteiger partial charge in [-0.05, 0) is 29.6 Å². The Morgan fingerprint density at radius 2 is 2.27 bits per heavy atom. The van der Waals surface area contributed by atoms with Crippen molar-refractivity contribution in [2.45, 2.75) is 19.9 Å².